The van der Waals surface area contributed by atoms with Crippen LogP contribution in [0.15, 0.2) is 46.9 Å². The monoisotopic (exact) mass is 370 g/mol. The van der Waals surface area contributed by atoms with Crippen molar-refractivity contribution in [3.05, 3.63) is 89.1 Å². The van der Waals surface area contributed by atoms with Gasteiger partial charge >= 0.3 is 18.9 Å². The third-order valence-electron chi connectivity index (χ3n) is 2.62. The van der Waals surface area contributed by atoms with E-state index in [1.54, 1.807) is 0 Å². The fraction of sp³-hybridized carbons (Fsp3) is 0.0625. The van der Waals surface area contributed by atoms with Crippen LogP contribution >= 0.6 is 15.9 Å². The number of halogens is 1. The molecular formula is C16H16BrLiN2O3-2. The second-order valence-electron chi connectivity index (χ2n) is 4.01. The Hall–Kier alpha value is -1.61. The van der Waals surface area contributed by atoms with Gasteiger partial charge in [-0.2, -0.15) is 18.2 Å². The summed E-state index contributed by atoms with van der Waals surface area (Å²) in [5.41, 5.74) is 0.679. The maximum Gasteiger partial charge on any atom is 1.00 e. The molecule has 5 nitrogen and oxygen atoms in total. The molecule has 2 aromatic carbocycles. The first kappa shape index (κ1) is 23.7. The first-order chi connectivity index (χ1) is 9.58. The minimum Gasteiger partial charge on any atom is -0.358 e. The average Bonchev–Trinajstić information content (AvgIpc) is 2.45. The molecule has 0 atom stereocenters. The van der Waals surface area contributed by atoms with E-state index in [4.69, 9.17) is 0 Å². The Morgan fingerprint density at radius 3 is 2.61 bits per heavy atom. The Labute approximate surface area is 156 Å². The van der Waals surface area contributed by atoms with Crippen molar-refractivity contribution >= 4 is 27.5 Å². The predicted molar refractivity (Wildman–Crippen MR) is 90.1 cm³/mol. The van der Waals surface area contributed by atoms with Gasteiger partial charge in [-0.25, -0.2) is 0 Å². The van der Waals surface area contributed by atoms with Crippen molar-refractivity contribution in [2.75, 3.05) is 0 Å². The molecule has 0 aromatic heterocycles. The summed E-state index contributed by atoms with van der Waals surface area (Å²) in [4.78, 5) is 22.3. The first-order valence-electron chi connectivity index (χ1n) is 5.75. The smallest absolute Gasteiger partial charge is 0.358 e. The van der Waals surface area contributed by atoms with Gasteiger partial charge in [0, 0.05) is 21.5 Å². The second kappa shape index (κ2) is 11.0. The summed E-state index contributed by atoms with van der Waals surface area (Å²) in [6.45, 7) is 0.296. The van der Waals surface area contributed by atoms with E-state index < -0.39 is 10.8 Å². The number of benzene rings is 2. The molecule has 2 rings (SSSR count). The van der Waals surface area contributed by atoms with Gasteiger partial charge in [-0.05, 0) is 17.7 Å². The van der Waals surface area contributed by atoms with E-state index in [2.05, 4.69) is 27.3 Å². The van der Waals surface area contributed by atoms with E-state index in [0.717, 1.165) is 10.0 Å². The number of nitro groups is 1. The molecule has 0 spiro atoms. The van der Waals surface area contributed by atoms with Crippen molar-refractivity contribution in [1.82, 2.24) is 5.32 Å². The van der Waals surface area contributed by atoms with Gasteiger partial charge in [0.15, 0.2) is 5.69 Å². The number of nitrogens with zero attached hydrogens (tertiary/aromatic N) is 1. The molecule has 1 N–H and O–H groups in total. The number of hydrogen-bond acceptors (Lipinski definition) is 3. The van der Waals surface area contributed by atoms with E-state index in [1.165, 1.54) is 18.2 Å². The van der Waals surface area contributed by atoms with Crippen LogP contribution in [0.2, 0.25) is 0 Å². The van der Waals surface area contributed by atoms with E-state index in [1.807, 2.05) is 24.3 Å². The van der Waals surface area contributed by atoms with Gasteiger partial charge in [0.05, 0.1) is 0 Å². The maximum absolute atomic E-state index is 12.0. The van der Waals surface area contributed by atoms with Gasteiger partial charge in [0.25, 0.3) is 0 Å². The minimum absolute atomic E-state index is 0. The summed E-state index contributed by atoms with van der Waals surface area (Å²) in [6, 6.07) is 14.1. The minimum atomic E-state index is -0.581. The van der Waals surface area contributed by atoms with E-state index in [9.17, 15) is 14.9 Å². The van der Waals surface area contributed by atoms with Gasteiger partial charge in [-0.3, -0.25) is 14.9 Å². The van der Waals surface area contributed by atoms with Crippen molar-refractivity contribution in [2.45, 2.75) is 6.54 Å². The molecule has 23 heavy (non-hydrogen) atoms. The molecule has 0 saturated heterocycles. The van der Waals surface area contributed by atoms with Crippen LogP contribution < -0.4 is 24.2 Å². The predicted octanol–water partition coefficient (Wildman–Crippen LogP) is 0.992. The van der Waals surface area contributed by atoms with Crippen LogP contribution in [0.5, 0.6) is 0 Å². The maximum atomic E-state index is 12.0. The molecule has 0 saturated carbocycles. The SMILES string of the molecule is O=C(NCc1cccc(Br)c1)c1c[c-]ccc1[N+](=O)[O-].[CH3-].[CH3-].[Li+]. The van der Waals surface area contributed by atoms with Crippen molar-refractivity contribution in [3.63, 3.8) is 0 Å². The van der Waals surface area contributed by atoms with Crippen LogP contribution in [0.1, 0.15) is 15.9 Å². The summed E-state index contributed by atoms with van der Waals surface area (Å²) in [5, 5.41) is 13.5. The van der Waals surface area contributed by atoms with Crippen molar-refractivity contribution in [1.29, 1.82) is 0 Å². The van der Waals surface area contributed by atoms with E-state index in [0.29, 0.717) is 6.54 Å². The summed E-state index contributed by atoms with van der Waals surface area (Å²) >= 11 is 3.34. The molecule has 2 aromatic rings. The molecule has 1 amide bonds. The summed E-state index contributed by atoms with van der Waals surface area (Å²) < 4.78 is 0.906. The number of hydrogen-bond donors (Lipinski definition) is 1. The van der Waals surface area contributed by atoms with Gasteiger partial charge in [0.2, 0.25) is 5.91 Å². The molecule has 7 heteroatoms. The summed E-state index contributed by atoms with van der Waals surface area (Å²) in [6.07, 6.45) is 0. The Morgan fingerprint density at radius 1 is 1.30 bits per heavy atom. The fourth-order valence-electron chi connectivity index (χ4n) is 1.69. The summed E-state index contributed by atoms with van der Waals surface area (Å²) in [5.74, 6) is -0.492. The molecular weight excluding hydrogens is 355 g/mol. The van der Waals surface area contributed by atoms with Crippen LogP contribution in [-0.4, -0.2) is 10.8 Å². The number of carbonyl (C=O) groups is 1. The second-order valence-corrected chi connectivity index (χ2v) is 4.93. The van der Waals surface area contributed by atoms with Crippen LogP contribution in [0, 0.1) is 31.0 Å². The molecule has 118 valence electrons. The molecule has 0 bridgehead atoms. The van der Waals surface area contributed by atoms with Crippen LogP contribution in [0.25, 0.3) is 0 Å². The van der Waals surface area contributed by atoms with Gasteiger partial charge in [-0.15, -0.1) is 0 Å². The zero-order valence-electron chi connectivity index (χ0n) is 13.3. The van der Waals surface area contributed by atoms with Crippen molar-refractivity contribution in [3.8, 4) is 0 Å². The Balaban J connectivity index is 0. The number of rotatable bonds is 4. The number of nitrogens with one attached hydrogen (secondary N) is 1. The zero-order valence-corrected chi connectivity index (χ0v) is 14.9. The van der Waals surface area contributed by atoms with E-state index >= 15 is 0 Å². The Kier molecular flexibility index (Phi) is 11.3. The number of carbonyl (C=O) groups excluding carboxylic acids is 1. The molecule has 0 aliphatic carbocycles. The summed E-state index contributed by atoms with van der Waals surface area (Å²) in [7, 11) is 0. The van der Waals surface area contributed by atoms with Gasteiger partial charge < -0.3 is 20.2 Å². The first-order valence-corrected chi connectivity index (χ1v) is 6.54. The number of amides is 1. The van der Waals surface area contributed by atoms with E-state index in [-0.39, 0.29) is 45.0 Å². The van der Waals surface area contributed by atoms with Crippen LogP contribution in [0.3, 0.4) is 0 Å². The fourth-order valence-corrected chi connectivity index (χ4v) is 2.13. The van der Waals surface area contributed by atoms with Crippen LogP contribution in [0.4, 0.5) is 5.69 Å². The Morgan fingerprint density at radius 2 is 2.00 bits per heavy atom. The quantitative estimate of drug-likeness (QED) is 0.377. The van der Waals surface area contributed by atoms with Gasteiger partial charge in [0.1, 0.15) is 0 Å². The molecule has 0 aliphatic heterocycles. The molecule has 0 heterocycles. The van der Waals surface area contributed by atoms with Crippen LogP contribution in [-0.2, 0) is 6.54 Å². The standard InChI is InChI=1S/C14H10BrN2O3.2CH3.Li/c15-11-5-3-4-10(8-11)9-16-14(18)12-6-1-2-7-13(12)17(19)20;;;/h2-8H,9H2,(H,16,18);2*1H3;/q3*-1;+1. The molecule has 0 aliphatic rings. The molecule has 0 fully saturated rings. The topological polar surface area (TPSA) is 72.2 Å². The third kappa shape index (κ3) is 6.57. The van der Waals surface area contributed by atoms with Gasteiger partial charge in [-0.1, -0.05) is 34.1 Å². The molecule has 0 unspecified atom stereocenters. The van der Waals surface area contributed by atoms with Crippen molar-refractivity contribution in [2.24, 2.45) is 0 Å². The normalized spacial score (nSPS) is 8.74. The molecule has 0 radical (unpaired) electrons. The Bertz CT molecular complexity index is 665. The average molecular weight is 371 g/mol. The zero-order chi connectivity index (χ0) is 14.5. The van der Waals surface area contributed by atoms with Crippen molar-refractivity contribution < 1.29 is 28.6 Å². The largest absolute Gasteiger partial charge is 1.00 e. The third-order valence-corrected chi connectivity index (χ3v) is 3.12. The number of nitro benzene ring substituents is 1.